The van der Waals surface area contributed by atoms with E-state index in [1.807, 2.05) is 24.0 Å². The monoisotopic (exact) mass is 246 g/mol. The minimum absolute atomic E-state index is 0.245. The molecule has 1 aromatic carbocycles. The van der Waals surface area contributed by atoms with Gasteiger partial charge in [0.1, 0.15) is 0 Å². The van der Waals surface area contributed by atoms with Crippen molar-refractivity contribution < 1.29 is 4.79 Å². The van der Waals surface area contributed by atoms with Crippen LogP contribution in [-0.4, -0.2) is 25.5 Å². The zero-order chi connectivity index (χ0) is 13.0. The number of aryl methyl sites for hydroxylation is 1. The maximum absolute atomic E-state index is 12.3. The third-order valence-corrected chi connectivity index (χ3v) is 3.59. The van der Waals surface area contributed by atoms with Crippen LogP contribution in [0.25, 0.3) is 0 Å². The summed E-state index contributed by atoms with van der Waals surface area (Å²) in [5.74, 6) is 0.757. The Morgan fingerprint density at radius 2 is 2.11 bits per heavy atom. The van der Waals surface area contributed by atoms with Crippen LogP contribution in [-0.2, 0) is 4.79 Å². The molecule has 98 valence electrons. The van der Waals surface area contributed by atoms with Gasteiger partial charge in [-0.15, -0.1) is 0 Å². The highest BCUT2D eigenvalue weighted by Crippen LogP contribution is 2.19. The number of amides is 1. The van der Waals surface area contributed by atoms with Crippen molar-refractivity contribution in [1.82, 2.24) is 5.32 Å². The van der Waals surface area contributed by atoms with E-state index in [0.717, 1.165) is 31.7 Å². The van der Waals surface area contributed by atoms with Crippen LogP contribution >= 0.6 is 0 Å². The molecular formula is C15H22N2O. The van der Waals surface area contributed by atoms with Crippen molar-refractivity contribution in [3.05, 3.63) is 29.8 Å². The average molecular weight is 246 g/mol. The standard InChI is InChI=1S/C15H22N2O/c1-3-17(14-6-4-12(2)5-7-14)15(18)10-13-8-9-16-11-13/h4-7,13,16H,3,8-11H2,1-2H3. The van der Waals surface area contributed by atoms with Gasteiger partial charge in [0.25, 0.3) is 0 Å². The average Bonchev–Trinajstić information content (AvgIpc) is 2.85. The molecule has 0 aliphatic carbocycles. The van der Waals surface area contributed by atoms with E-state index < -0.39 is 0 Å². The summed E-state index contributed by atoms with van der Waals surface area (Å²) >= 11 is 0. The van der Waals surface area contributed by atoms with Gasteiger partial charge in [-0.2, -0.15) is 0 Å². The highest BCUT2D eigenvalue weighted by Gasteiger charge is 2.21. The Labute approximate surface area is 109 Å². The molecule has 0 aromatic heterocycles. The molecule has 0 saturated carbocycles. The smallest absolute Gasteiger partial charge is 0.227 e. The van der Waals surface area contributed by atoms with E-state index in [1.54, 1.807) is 0 Å². The third kappa shape index (κ3) is 3.10. The number of rotatable bonds is 4. The maximum Gasteiger partial charge on any atom is 0.227 e. The van der Waals surface area contributed by atoms with Crippen molar-refractivity contribution in [2.45, 2.75) is 26.7 Å². The number of carbonyl (C=O) groups excluding carboxylic acids is 1. The van der Waals surface area contributed by atoms with Crippen LogP contribution in [0.1, 0.15) is 25.3 Å². The number of nitrogens with one attached hydrogen (secondary N) is 1. The van der Waals surface area contributed by atoms with Gasteiger partial charge in [-0.1, -0.05) is 17.7 Å². The number of carbonyl (C=O) groups is 1. The molecule has 1 aromatic rings. The Morgan fingerprint density at radius 1 is 1.39 bits per heavy atom. The summed E-state index contributed by atoms with van der Waals surface area (Å²) in [6, 6.07) is 8.18. The molecule has 1 fully saturated rings. The molecule has 0 radical (unpaired) electrons. The van der Waals surface area contributed by atoms with E-state index in [0.29, 0.717) is 12.3 Å². The van der Waals surface area contributed by atoms with Gasteiger partial charge < -0.3 is 10.2 Å². The first-order chi connectivity index (χ1) is 8.70. The van der Waals surface area contributed by atoms with Crippen LogP contribution in [0.2, 0.25) is 0 Å². The fourth-order valence-corrected chi connectivity index (χ4v) is 2.47. The molecule has 3 nitrogen and oxygen atoms in total. The van der Waals surface area contributed by atoms with Gasteiger partial charge in [0, 0.05) is 18.7 Å². The molecule has 0 spiro atoms. The second kappa shape index (κ2) is 6.01. The first kappa shape index (κ1) is 13.1. The van der Waals surface area contributed by atoms with Crippen LogP contribution in [0.4, 0.5) is 5.69 Å². The summed E-state index contributed by atoms with van der Waals surface area (Å²) in [7, 11) is 0. The fourth-order valence-electron chi connectivity index (χ4n) is 2.47. The van der Waals surface area contributed by atoms with Crippen molar-refractivity contribution in [2.24, 2.45) is 5.92 Å². The Balaban J connectivity index is 2.02. The lowest BCUT2D eigenvalue weighted by Gasteiger charge is -2.22. The van der Waals surface area contributed by atoms with Crippen LogP contribution < -0.4 is 10.2 Å². The number of hydrogen-bond donors (Lipinski definition) is 1. The zero-order valence-electron chi connectivity index (χ0n) is 11.3. The molecule has 0 bridgehead atoms. The molecule has 1 atom stereocenters. The van der Waals surface area contributed by atoms with E-state index in [-0.39, 0.29) is 5.91 Å². The predicted octanol–water partition coefficient (Wildman–Crippen LogP) is 2.35. The number of nitrogens with zero attached hydrogens (tertiary/aromatic N) is 1. The number of benzene rings is 1. The first-order valence-electron chi connectivity index (χ1n) is 6.78. The van der Waals surface area contributed by atoms with E-state index in [4.69, 9.17) is 0 Å². The largest absolute Gasteiger partial charge is 0.316 e. The molecule has 1 amide bonds. The molecule has 1 unspecified atom stereocenters. The molecule has 1 aliphatic rings. The molecule has 18 heavy (non-hydrogen) atoms. The molecular weight excluding hydrogens is 224 g/mol. The highest BCUT2D eigenvalue weighted by molar-refractivity contribution is 5.93. The summed E-state index contributed by atoms with van der Waals surface area (Å²) in [5.41, 5.74) is 2.24. The van der Waals surface area contributed by atoms with E-state index >= 15 is 0 Å². The summed E-state index contributed by atoms with van der Waals surface area (Å²) < 4.78 is 0. The Hall–Kier alpha value is -1.35. The lowest BCUT2D eigenvalue weighted by molar-refractivity contribution is -0.119. The van der Waals surface area contributed by atoms with E-state index in [1.165, 1.54) is 5.56 Å². The Morgan fingerprint density at radius 3 is 2.67 bits per heavy atom. The van der Waals surface area contributed by atoms with E-state index in [9.17, 15) is 4.79 Å². The van der Waals surface area contributed by atoms with Gasteiger partial charge in [-0.05, 0) is 51.4 Å². The molecule has 1 N–H and O–H groups in total. The number of hydrogen-bond acceptors (Lipinski definition) is 2. The quantitative estimate of drug-likeness (QED) is 0.884. The third-order valence-electron chi connectivity index (χ3n) is 3.59. The zero-order valence-corrected chi connectivity index (χ0v) is 11.3. The molecule has 1 heterocycles. The lowest BCUT2D eigenvalue weighted by Crippen LogP contribution is -2.32. The highest BCUT2D eigenvalue weighted by atomic mass is 16.2. The van der Waals surface area contributed by atoms with Gasteiger partial charge in [0.2, 0.25) is 5.91 Å². The van der Waals surface area contributed by atoms with Gasteiger partial charge >= 0.3 is 0 Å². The van der Waals surface area contributed by atoms with Crippen molar-refractivity contribution in [3.8, 4) is 0 Å². The minimum Gasteiger partial charge on any atom is -0.316 e. The molecule has 2 rings (SSSR count). The second-order valence-electron chi connectivity index (χ2n) is 5.04. The van der Waals surface area contributed by atoms with Gasteiger partial charge in [-0.3, -0.25) is 4.79 Å². The number of anilines is 1. The summed E-state index contributed by atoms with van der Waals surface area (Å²) in [5, 5.41) is 3.31. The Bertz CT molecular complexity index is 393. The first-order valence-corrected chi connectivity index (χ1v) is 6.78. The maximum atomic E-state index is 12.3. The summed E-state index contributed by atoms with van der Waals surface area (Å²) in [6.07, 6.45) is 1.78. The fraction of sp³-hybridized carbons (Fsp3) is 0.533. The van der Waals surface area contributed by atoms with Crippen LogP contribution in [0.15, 0.2) is 24.3 Å². The van der Waals surface area contributed by atoms with Gasteiger partial charge in [0.05, 0.1) is 0 Å². The topological polar surface area (TPSA) is 32.3 Å². The lowest BCUT2D eigenvalue weighted by atomic mass is 10.0. The SMILES string of the molecule is CCN(C(=O)CC1CCNC1)c1ccc(C)cc1. The summed E-state index contributed by atoms with van der Waals surface area (Å²) in [6.45, 7) is 6.87. The normalized spacial score (nSPS) is 18.9. The van der Waals surface area contributed by atoms with Crippen LogP contribution in [0.3, 0.4) is 0 Å². The second-order valence-corrected chi connectivity index (χ2v) is 5.04. The van der Waals surface area contributed by atoms with Crippen LogP contribution in [0, 0.1) is 12.8 Å². The van der Waals surface area contributed by atoms with Crippen molar-refractivity contribution in [2.75, 3.05) is 24.5 Å². The van der Waals surface area contributed by atoms with Crippen molar-refractivity contribution >= 4 is 11.6 Å². The molecule has 1 aliphatic heterocycles. The minimum atomic E-state index is 0.245. The Kier molecular flexibility index (Phi) is 4.37. The molecule has 1 saturated heterocycles. The molecule has 3 heteroatoms. The van der Waals surface area contributed by atoms with Crippen molar-refractivity contribution in [1.29, 1.82) is 0 Å². The predicted molar refractivity (Wildman–Crippen MR) is 74.8 cm³/mol. The summed E-state index contributed by atoms with van der Waals surface area (Å²) in [4.78, 5) is 14.2. The van der Waals surface area contributed by atoms with Crippen molar-refractivity contribution in [3.63, 3.8) is 0 Å². The van der Waals surface area contributed by atoms with Crippen LogP contribution in [0.5, 0.6) is 0 Å². The van der Waals surface area contributed by atoms with Gasteiger partial charge in [0.15, 0.2) is 0 Å². The van der Waals surface area contributed by atoms with Gasteiger partial charge in [-0.25, -0.2) is 0 Å². The van der Waals surface area contributed by atoms with E-state index in [2.05, 4.69) is 24.4 Å².